The molecule has 7 heteroatoms. The van der Waals surface area contributed by atoms with E-state index in [0.29, 0.717) is 12.2 Å². The van der Waals surface area contributed by atoms with Gasteiger partial charge in [0.15, 0.2) is 5.82 Å². The average molecular weight is 337 g/mol. The molecule has 0 fully saturated rings. The summed E-state index contributed by atoms with van der Waals surface area (Å²) < 4.78 is 5.38. The topological polar surface area (TPSA) is 92.8 Å². The third kappa shape index (κ3) is 4.00. The van der Waals surface area contributed by atoms with Crippen molar-refractivity contribution >= 4 is 11.6 Å². The molecule has 1 aromatic heterocycles. The number of hydrogen-bond acceptors (Lipinski definition) is 5. The highest BCUT2D eigenvalue weighted by atomic mass is 16.5. The van der Waals surface area contributed by atoms with E-state index in [-0.39, 0.29) is 5.91 Å². The summed E-state index contributed by atoms with van der Waals surface area (Å²) in [6, 6.07) is 15.2. The van der Waals surface area contributed by atoms with Gasteiger partial charge in [0.1, 0.15) is 11.7 Å². The van der Waals surface area contributed by atoms with Crippen LogP contribution in [0.3, 0.4) is 0 Å². The van der Waals surface area contributed by atoms with Gasteiger partial charge in [-0.05, 0) is 37.1 Å². The molecule has 3 rings (SSSR count). The summed E-state index contributed by atoms with van der Waals surface area (Å²) in [5.41, 5.74) is 2.75. The molecule has 0 aliphatic carbocycles. The van der Waals surface area contributed by atoms with Crippen LogP contribution in [0.15, 0.2) is 48.5 Å². The summed E-state index contributed by atoms with van der Waals surface area (Å²) in [5.74, 6) is 0.280. The van der Waals surface area contributed by atoms with Gasteiger partial charge < -0.3 is 10.1 Å². The van der Waals surface area contributed by atoms with Crippen molar-refractivity contribution in [1.29, 1.82) is 0 Å². The van der Waals surface area contributed by atoms with E-state index in [1.807, 2.05) is 55.5 Å². The Hall–Kier alpha value is -3.22. The van der Waals surface area contributed by atoms with Gasteiger partial charge in [-0.15, -0.1) is 10.2 Å². The number of carbonyl (C=O) groups is 1. The molecule has 0 spiro atoms. The van der Waals surface area contributed by atoms with Crippen molar-refractivity contribution in [2.45, 2.75) is 19.3 Å². The first-order valence-electron chi connectivity index (χ1n) is 7.90. The predicted molar refractivity (Wildman–Crippen MR) is 93.4 cm³/mol. The standard InChI is InChI=1S/C18H19N5O2/c1-12-7-9-14(10-8-12)19-18(24)15(17-20-22-23-21-17)11-13-5-3-4-6-16(13)25-2/h3-10,15H,11H2,1-2H3,(H,19,24)(H,20,21,22,23)/t15-/m0/s1. The van der Waals surface area contributed by atoms with Crippen LogP contribution in [-0.4, -0.2) is 33.6 Å². The number of rotatable bonds is 6. The highest BCUT2D eigenvalue weighted by Crippen LogP contribution is 2.26. The molecule has 1 amide bonds. The van der Waals surface area contributed by atoms with Gasteiger partial charge in [-0.3, -0.25) is 4.79 Å². The van der Waals surface area contributed by atoms with Crippen molar-refractivity contribution in [2.24, 2.45) is 0 Å². The fraction of sp³-hybridized carbons (Fsp3) is 0.222. The fourth-order valence-electron chi connectivity index (χ4n) is 2.58. The predicted octanol–water partition coefficient (Wildman–Crippen LogP) is 2.48. The van der Waals surface area contributed by atoms with E-state index in [1.54, 1.807) is 7.11 Å². The molecule has 3 aromatic rings. The number of tetrazole rings is 1. The van der Waals surface area contributed by atoms with E-state index in [9.17, 15) is 4.79 Å². The second-order valence-corrected chi connectivity index (χ2v) is 5.69. The fourth-order valence-corrected chi connectivity index (χ4v) is 2.58. The molecule has 0 saturated heterocycles. The van der Waals surface area contributed by atoms with Crippen LogP contribution in [0.25, 0.3) is 0 Å². The number of hydrogen-bond donors (Lipinski definition) is 2. The Kier molecular flexibility index (Phi) is 5.03. The molecule has 0 bridgehead atoms. The number of anilines is 1. The van der Waals surface area contributed by atoms with Gasteiger partial charge in [-0.2, -0.15) is 5.21 Å². The minimum absolute atomic E-state index is 0.198. The van der Waals surface area contributed by atoms with Crippen LogP contribution in [0, 0.1) is 6.92 Å². The molecule has 7 nitrogen and oxygen atoms in total. The van der Waals surface area contributed by atoms with Crippen LogP contribution in [-0.2, 0) is 11.2 Å². The summed E-state index contributed by atoms with van der Waals surface area (Å²) in [4.78, 5) is 12.8. The number of aromatic amines is 1. The third-order valence-corrected chi connectivity index (χ3v) is 3.93. The monoisotopic (exact) mass is 337 g/mol. The average Bonchev–Trinajstić information content (AvgIpc) is 3.16. The maximum Gasteiger partial charge on any atom is 0.235 e. The summed E-state index contributed by atoms with van der Waals surface area (Å²) in [6.45, 7) is 2.00. The summed E-state index contributed by atoms with van der Waals surface area (Å²) in [6.07, 6.45) is 0.404. The number of aryl methyl sites for hydroxylation is 1. The second kappa shape index (κ2) is 7.57. The van der Waals surface area contributed by atoms with Gasteiger partial charge in [0.2, 0.25) is 5.91 Å². The molecule has 0 radical (unpaired) electrons. The first kappa shape index (κ1) is 16.6. The van der Waals surface area contributed by atoms with E-state index < -0.39 is 5.92 Å². The molecule has 1 heterocycles. The lowest BCUT2D eigenvalue weighted by molar-refractivity contribution is -0.117. The van der Waals surface area contributed by atoms with Crippen molar-refractivity contribution in [2.75, 3.05) is 12.4 Å². The zero-order valence-corrected chi connectivity index (χ0v) is 14.1. The molecule has 2 aromatic carbocycles. The van der Waals surface area contributed by atoms with Crippen LogP contribution >= 0.6 is 0 Å². The first-order chi connectivity index (χ1) is 12.2. The van der Waals surface area contributed by atoms with Crippen LogP contribution < -0.4 is 10.1 Å². The minimum atomic E-state index is -0.587. The van der Waals surface area contributed by atoms with Crippen molar-refractivity contribution < 1.29 is 9.53 Å². The van der Waals surface area contributed by atoms with Crippen molar-refractivity contribution in [1.82, 2.24) is 20.6 Å². The van der Waals surface area contributed by atoms with Gasteiger partial charge in [-0.25, -0.2) is 0 Å². The van der Waals surface area contributed by atoms with E-state index in [2.05, 4.69) is 25.9 Å². The number of carbonyl (C=O) groups excluding carboxylic acids is 1. The highest BCUT2D eigenvalue weighted by molar-refractivity contribution is 5.95. The van der Waals surface area contributed by atoms with Gasteiger partial charge in [-0.1, -0.05) is 41.1 Å². The van der Waals surface area contributed by atoms with Crippen molar-refractivity contribution in [3.8, 4) is 5.75 Å². The quantitative estimate of drug-likeness (QED) is 0.721. The number of H-pyrrole nitrogens is 1. The molecule has 0 unspecified atom stereocenters. The second-order valence-electron chi connectivity index (χ2n) is 5.69. The maximum absolute atomic E-state index is 12.8. The summed E-state index contributed by atoms with van der Waals surface area (Å²) >= 11 is 0. The van der Waals surface area contributed by atoms with Crippen LogP contribution in [0.1, 0.15) is 22.9 Å². The Labute approximate surface area is 145 Å². The van der Waals surface area contributed by atoms with Crippen LogP contribution in [0.5, 0.6) is 5.75 Å². The zero-order chi connectivity index (χ0) is 17.6. The number of aromatic nitrogens is 4. The number of para-hydroxylation sites is 1. The Morgan fingerprint density at radius 3 is 2.64 bits per heavy atom. The third-order valence-electron chi connectivity index (χ3n) is 3.93. The van der Waals surface area contributed by atoms with Gasteiger partial charge >= 0.3 is 0 Å². The molecule has 1 atom stereocenters. The smallest absolute Gasteiger partial charge is 0.235 e. The summed E-state index contributed by atoms with van der Waals surface area (Å²) in [5, 5.41) is 16.9. The van der Waals surface area contributed by atoms with Gasteiger partial charge in [0.05, 0.1) is 7.11 Å². The van der Waals surface area contributed by atoms with Crippen LogP contribution in [0.4, 0.5) is 5.69 Å². The Morgan fingerprint density at radius 1 is 1.20 bits per heavy atom. The Balaban J connectivity index is 1.84. The van der Waals surface area contributed by atoms with E-state index in [4.69, 9.17) is 4.74 Å². The molecule has 2 N–H and O–H groups in total. The van der Waals surface area contributed by atoms with Crippen molar-refractivity contribution in [3.05, 3.63) is 65.5 Å². The summed E-state index contributed by atoms with van der Waals surface area (Å²) in [7, 11) is 1.61. The SMILES string of the molecule is COc1ccccc1C[C@H](C(=O)Nc1ccc(C)cc1)c1nn[nH]n1. The number of methoxy groups -OCH3 is 1. The normalized spacial score (nSPS) is 11.8. The lowest BCUT2D eigenvalue weighted by Gasteiger charge is -2.15. The molecule has 0 aliphatic heterocycles. The van der Waals surface area contributed by atoms with Crippen LogP contribution in [0.2, 0.25) is 0 Å². The van der Waals surface area contributed by atoms with E-state index in [0.717, 1.165) is 22.6 Å². The zero-order valence-electron chi connectivity index (χ0n) is 14.1. The number of amides is 1. The number of benzene rings is 2. The minimum Gasteiger partial charge on any atom is -0.496 e. The number of nitrogens with one attached hydrogen (secondary N) is 2. The van der Waals surface area contributed by atoms with Gasteiger partial charge in [0, 0.05) is 5.69 Å². The molecular weight excluding hydrogens is 318 g/mol. The van der Waals surface area contributed by atoms with E-state index >= 15 is 0 Å². The molecule has 25 heavy (non-hydrogen) atoms. The first-order valence-corrected chi connectivity index (χ1v) is 7.90. The molecular formula is C18H19N5O2. The van der Waals surface area contributed by atoms with Gasteiger partial charge in [0.25, 0.3) is 0 Å². The number of ether oxygens (including phenoxy) is 1. The lowest BCUT2D eigenvalue weighted by atomic mass is 9.97. The largest absolute Gasteiger partial charge is 0.496 e. The molecule has 128 valence electrons. The highest BCUT2D eigenvalue weighted by Gasteiger charge is 2.26. The Bertz CT molecular complexity index is 831. The van der Waals surface area contributed by atoms with E-state index in [1.165, 1.54) is 0 Å². The molecule has 0 aliphatic rings. The molecule has 0 saturated carbocycles. The Morgan fingerprint density at radius 2 is 1.96 bits per heavy atom. The maximum atomic E-state index is 12.8. The number of nitrogens with zero attached hydrogens (tertiary/aromatic N) is 3. The lowest BCUT2D eigenvalue weighted by Crippen LogP contribution is -2.24. The van der Waals surface area contributed by atoms with Crippen molar-refractivity contribution in [3.63, 3.8) is 0 Å².